The van der Waals surface area contributed by atoms with Gasteiger partial charge in [-0.1, -0.05) is 29.8 Å². The third-order valence-corrected chi connectivity index (χ3v) is 2.93. The molecule has 0 fully saturated rings. The van der Waals surface area contributed by atoms with Crippen molar-refractivity contribution in [1.82, 2.24) is 5.32 Å². The van der Waals surface area contributed by atoms with Crippen molar-refractivity contribution in [2.75, 3.05) is 24.5 Å². The van der Waals surface area contributed by atoms with E-state index in [0.29, 0.717) is 0 Å². The van der Waals surface area contributed by atoms with Crippen molar-refractivity contribution < 1.29 is 0 Å². The van der Waals surface area contributed by atoms with E-state index in [2.05, 4.69) is 54.4 Å². The van der Waals surface area contributed by atoms with Crippen LogP contribution in [0, 0.1) is 0 Å². The molecule has 0 saturated carbocycles. The van der Waals surface area contributed by atoms with Gasteiger partial charge in [-0.3, -0.25) is 0 Å². The first-order chi connectivity index (χ1) is 7.77. The Morgan fingerprint density at radius 1 is 1.38 bits per heavy atom. The fourth-order valence-electron chi connectivity index (χ4n) is 2.01. The first kappa shape index (κ1) is 11.2. The number of rotatable bonds is 2. The Bertz CT molecular complexity index is 378. The van der Waals surface area contributed by atoms with Gasteiger partial charge in [-0.2, -0.15) is 0 Å². The second kappa shape index (κ2) is 5.17. The molecule has 2 rings (SSSR count). The molecule has 1 heterocycles. The minimum absolute atomic E-state index is 0.988. The van der Waals surface area contributed by atoms with Crippen LogP contribution < -0.4 is 10.2 Å². The van der Waals surface area contributed by atoms with Crippen LogP contribution in [0.2, 0.25) is 0 Å². The van der Waals surface area contributed by atoms with Crippen LogP contribution in [0.5, 0.6) is 0 Å². The average molecular weight is 216 g/mol. The van der Waals surface area contributed by atoms with Crippen molar-refractivity contribution >= 4 is 5.69 Å². The van der Waals surface area contributed by atoms with Crippen LogP contribution in [0.1, 0.15) is 19.4 Å². The zero-order chi connectivity index (χ0) is 11.4. The molecule has 0 aliphatic carbocycles. The Hall–Kier alpha value is -1.28. The molecule has 0 aromatic heterocycles. The summed E-state index contributed by atoms with van der Waals surface area (Å²) in [7, 11) is 0. The largest absolute Gasteiger partial charge is 0.366 e. The standard InChI is InChI=1S/C14H20N2/c1-12(2)7-9-16-10-8-15-11-13-5-3-4-6-14(13)16/h3-7,15H,8-11H2,1-2H3. The van der Waals surface area contributed by atoms with Gasteiger partial charge in [0.15, 0.2) is 0 Å². The van der Waals surface area contributed by atoms with Crippen molar-refractivity contribution in [3.05, 3.63) is 41.5 Å². The van der Waals surface area contributed by atoms with Gasteiger partial charge in [0, 0.05) is 31.9 Å². The third kappa shape index (κ3) is 2.64. The minimum atomic E-state index is 0.988. The number of fused-ring (bicyclic) bond motifs is 1. The lowest BCUT2D eigenvalue weighted by atomic mass is 10.1. The molecule has 0 bridgehead atoms. The summed E-state index contributed by atoms with van der Waals surface area (Å²) in [6, 6.07) is 8.68. The summed E-state index contributed by atoms with van der Waals surface area (Å²) in [4.78, 5) is 2.45. The Labute approximate surface area is 98.0 Å². The molecule has 1 N–H and O–H groups in total. The lowest BCUT2D eigenvalue weighted by Crippen LogP contribution is -2.28. The van der Waals surface area contributed by atoms with Crippen molar-refractivity contribution in [1.29, 1.82) is 0 Å². The Kier molecular flexibility index (Phi) is 3.62. The van der Waals surface area contributed by atoms with Crippen LogP contribution in [0.4, 0.5) is 5.69 Å². The molecule has 86 valence electrons. The Morgan fingerprint density at radius 2 is 2.19 bits per heavy atom. The first-order valence-corrected chi connectivity index (χ1v) is 5.94. The van der Waals surface area contributed by atoms with Crippen LogP contribution in [-0.2, 0) is 6.54 Å². The highest BCUT2D eigenvalue weighted by atomic mass is 15.2. The van der Waals surface area contributed by atoms with E-state index in [1.165, 1.54) is 16.8 Å². The van der Waals surface area contributed by atoms with Gasteiger partial charge in [0.1, 0.15) is 0 Å². The Morgan fingerprint density at radius 3 is 3.00 bits per heavy atom. The molecule has 0 spiro atoms. The van der Waals surface area contributed by atoms with Crippen LogP contribution in [0.3, 0.4) is 0 Å². The number of hydrogen-bond acceptors (Lipinski definition) is 2. The highest BCUT2D eigenvalue weighted by molar-refractivity contribution is 5.54. The van der Waals surface area contributed by atoms with Crippen LogP contribution in [0.15, 0.2) is 35.9 Å². The number of allylic oxidation sites excluding steroid dienone is 1. The summed E-state index contributed by atoms with van der Waals surface area (Å²) in [6.07, 6.45) is 2.29. The molecule has 2 heteroatoms. The van der Waals surface area contributed by atoms with Gasteiger partial charge < -0.3 is 10.2 Å². The van der Waals surface area contributed by atoms with E-state index >= 15 is 0 Å². The second-order valence-corrected chi connectivity index (χ2v) is 4.53. The SMILES string of the molecule is CC(C)=CCN1CCNCc2ccccc21. The summed E-state index contributed by atoms with van der Waals surface area (Å²) in [5.41, 5.74) is 4.17. The normalized spacial score (nSPS) is 15.2. The number of nitrogens with one attached hydrogen (secondary N) is 1. The molecular weight excluding hydrogens is 196 g/mol. The van der Waals surface area contributed by atoms with Gasteiger partial charge in [-0.05, 0) is 25.5 Å². The van der Waals surface area contributed by atoms with Gasteiger partial charge in [0.2, 0.25) is 0 Å². The van der Waals surface area contributed by atoms with E-state index in [1.54, 1.807) is 0 Å². The third-order valence-electron chi connectivity index (χ3n) is 2.93. The Balaban J connectivity index is 2.22. The summed E-state index contributed by atoms with van der Waals surface area (Å²) < 4.78 is 0. The van der Waals surface area contributed by atoms with Crippen molar-refractivity contribution in [3.63, 3.8) is 0 Å². The summed E-state index contributed by atoms with van der Waals surface area (Å²) in [6.45, 7) is 8.46. The zero-order valence-electron chi connectivity index (χ0n) is 10.2. The molecule has 16 heavy (non-hydrogen) atoms. The maximum atomic E-state index is 3.46. The highest BCUT2D eigenvalue weighted by Gasteiger charge is 2.12. The van der Waals surface area contributed by atoms with E-state index in [1.807, 2.05) is 0 Å². The summed E-state index contributed by atoms with van der Waals surface area (Å²) in [5, 5.41) is 3.46. The minimum Gasteiger partial charge on any atom is -0.366 e. The zero-order valence-corrected chi connectivity index (χ0v) is 10.2. The second-order valence-electron chi connectivity index (χ2n) is 4.53. The fraction of sp³-hybridized carbons (Fsp3) is 0.429. The summed E-state index contributed by atoms with van der Waals surface area (Å²) >= 11 is 0. The number of para-hydroxylation sites is 1. The molecule has 1 aliphatic heterocycles. The maximum Gasteiger partial charge on any atom is 0.0415 e. The molecule has 2 nitrogen and oxygen atoms in total. The topological polar surface area (TPSA) is 15.3 Å². The van der Waals surface area contributed by atoms with E-state index in [0.717, 1.165) is 26.2 Å². The highest BCUT2D eigenvalue weighted by Crippen LogP contribution is 2.21. The lowest BCUT2D eigenvalue weighted by molar-refractivity contribution is 0.700. The first-order valence-electron chi connectivity index (χ1n) is 5.94. The van der Waals surface area contributed by atoms with E-state index < -0.39 is 0 Å². The molecule has 1 aliphatic rings. The van der Waals surface area contributed by atoms with Crippen molar-refractivity contribution in [3.8, 4) is 0 Å². The van der Waals surface area contributed by atoms with Gasteiger partial charge in [0.05, 0.1) is 0 Å². The van der Waals surface area contributed by atoms with Gasteiger partial charge in [-0.15, -0.1) is 0 Å². The molecule has 0 amide bonds. The molecule has 1 aromatic carbocycles. The molecule has 0 unspecified atom stereocenters. The molecule has 0 atom stereocenters. The van der Waals surface area contributed by atoms with Crippen molar-refractivity contribution in [2.45, 2.75) is 20.4 Å². The smallest absolute Gasteiger partial charge is 0.0415 e. The number of nitrogens with zero attached hydrogens (tertiary/aromatic N) is 1. The predicted molar refractivity (Wildman–Crippen MR) is 69.8 cm³/mol. The van der Waals surface area contributed by atoms with E-state index in [4.69, 9.17) is 0 Å². The average Bonchev–Trinajstić information content (AvgIpc) is 2.48. The van der Waals surface area contributed by atoms with Crippen molar-refractivity contribution in [2.24, 2.45) is 0 Å². The summed E-state index contributed by atoms with van der Waals surface area (Å²) in [5.74, 6) is 0. The van der Waals surface area contributed by atoms with Crippen LogP contribution >= 0.6 is 0 Å². The molecular formula is C14H20N2. The van der Waals surface area contributed by atoms with Crippen LogP contribution in [0.25, 0.3) is 0 Å². The molecule has 0 radical (unpaired) electrons. The predicted octanol–water partition coefficient (Wildman–Crippen LogP) is 2.56. The van der Waals surface area contributed by atoms with E-state index in [9.17, 15) is 0 Å². The number of anilines is 1. The van der Waals surface area contributed by atoms with Gasteiger partial charge in [0.25, 0.3) is 0 Å². The fourth-order valence-corrected chi connectivity index (χ4v) is 2.01. The van der Waals surface area contributed by atoms with Gasteiger partial charge >= 0.3 is 0 Å². The lowest BCUT2D eigenvalue weighted by Gasteiger charge is -2.23. The monoisotopic (exact) mass is 216 g/mol. The molecule has 1 aromatic rings. The maximum absolute atomic E-state index is 3.46. The number of hydrogen-bond donors (Lipinski definition) is 1. The number of benzene rings is 1. The van der Waals surface area contributed by atoms with E-state index in [-0.39, 0.29) is 0 Å². The van der Waals surface area contributed by atoms with Crippen LogP contribution in [-0.4, -0.2) is 19.6 Å². The molecule has 0 saturated heterocycles. The quantitative estimate of drug-likeness (QED) is 0.764. The van der Waals surface area contributed by atoms with Gasteiger partial charge in [-0.25, -0.2) is 0 Å².